The van der Waals surface area contributed by atoms with Crippen LogP contribution in [0.5, 0.6) is 0 Å². The summed E-state index contributed by atoms with van der Waals surface area (Å²) in [5, 5.41) is 0. The van der Waals surface area contributed by atoms with E-state index in [-0.39, 0.29) is 11.9 Å². The molecular formula is C26H32N2O4. The summed E-state index contributed by atoms with van der Waals surface area (Å²) in [6.07, 6.45) is 2.16. The minimum Gasteiger partial charge on any atom is -0.465 e. The van der Waals surface area contributed by atoms with Gasteiger partial charge in [-0.1, -0.05) is 18.2 Å². The van der Waals surface area contributed by atoms with Crippen molar-refractivity contribution in [3.63, 3.8) is 0 Å². The number of fused-ring (bicyclic) bond motifs is 2. The third-order valence-electron chi connectivity index (χ3n) is 6.27. The molecule has 2 unspecified atom stereocenters. The van der Waals surface area contributed by atoms with E-state index >= 15 is 0 Å². The first-order valence-electron chi connectivity index (χ1n) is 11.2. The van der Waals surface area contributed by atoms with Crippen molar-refractivity contribution in [3.8, 4) is 0 Å². The van der Waals surface area contributed by atoms with Crippen LogP contribution in [0.1, 0.15) is 59.9 Å². The molecule has 0 aromatic heterocycles. The highest BCUT2D eigenvalue weighted by molar-refractivity contribution is 5.96. The van der Waals surface area contributed by atoms with Gasteiger partial charge in [0.15, 0.2) is 0 Å². The Kier molecular flexibility index (Phi) is 5.89. The number of esters is 2. The zero-order valence-electron chi connectivity index (χ0n) is 19.6. The average Bonchev–Trinajstić information content (AvgIpc) is 3.01. The lowest BCUT2D eigenvalue weighted by atomic mass is 10.0. The van der Waals surface area contributed by atoms with E-state index in [0.717, 1.165) is 42.9 Å². The highest BCUT2D eigenvalue weighted by Crippen LogP contribution is 2.38. The summed E-state index contributed by atoms with van der Waals surface area (Å²) in [5.74, 6) is -0.592. The van der Waals surface area contributed by atoms with Gasteiger partial charge >= 0.3 is 11.9 Å². The van der Waals surface area contributed by atoms with E-state index in [1.807, 2.05) is 64.1 Å². The number of carbonyl (C=O) groups is 2. The zero-order chi connectivity index (χ0) is 23.0. The molecule has 2 atom stereocenters. The number of nitrogens with zero attached hydrogens (tertiary/aromatic N) is 2. The molecule has 2 aliphatic rings. The fraction of sp³-hybridized carbons (Fsp3) is 0.462. The molecule has 6 nitrogen and oxygen atoms in total. The van der Waals surface area contributed by atoms with Crippen molar-refractivity contribution >= 4 is 23.3 Å². The van der Waals surface area contributed by atoms with E-state index in [1.54, 1.807) is 0 Å². The monoisotopic (exact) mass is 436 g/mol. The molecule has 0 saturated carbocycles. The lowest BCUT2D eigenvalue weighted by Gasteiger charge is -2.44. The third kappa shape index (κ3) is 4.31. The number of carbonyl (C=O) groups excluding carboxylic acids is 2. The molecular weight excluding hydrogens is 404 g/mol. The zero-order valence-corrected chi connectivity index (χ0v) is 19.6. The summed E-state index contributed by atoms with van der Waals surface area (Å²) in [6, 6.07) is 14.4. The molecule has 0 amide bonds. The Hall–Kier alpha value is -3.02. The van der Waals surface area contributed by atoms with E-state index in [9.17, 15) is 9.59 Å². The third-order valence-corrected chi connectivity index (χ3v) is 6.27. The number of methoxy groups -OCH3 is 1. The second kappa shape index (κ2) is 8.49. The number of ether oxygens (including phenoxy) is 2. The van der Waals surface area contributed by atoms with Gasteiger partial charge in [0.25, 0.3) is 0 Å². The van der Waals surface area contributed by atoms with Crippen LogP contribution in [0, 0.1) is 6.92 Å². The standard InChI is InChI=1S/C26H32N2O4/c1-17-10-11-18(14-22(17)24(29)31-5)28-19-12-13-20(28)16-27(15-19)23-9-7-6-8-21(23)25(30)32-26(2,3)4/h6-11,14,19-20H,12-13,15-16H2,1-5H3. The molecule has 6 heteroatoms. The van der Waals surface area contributed by atoms with Crippen LogP contribution in [0.3, 0.4) is 0 Å². The summed E-state index contributed by atoms with van der Waals surface area (Å²) >= 11 is 0. The highest BCUT2D eigenvalue weighted by Gasteiger charge is 2.41. The Bertz CT molecular complexity index is 1010. The van der Waals surface area contributed by atoms with Crippen molar-refractivity contribution in [2.24, 2.45) is 0 Å². The van der Waals surface area contributed by atoms with E-state index in [0.29, 0.717) is 23.2 Å². The lowest BCUT2D eigenvalue weighted by molar-refractivity contribution is 0.00700. The smallest absolute Gasteiger partial charge is 0.340 e. The molecule has 4 rings (SSSR count). The number of hydrogen-bond acceptors (Lipinski definition) is 6. The van der Waals surface area contributed by atoms with Gasteiger partial charge in [-0.2, -0.15) is 0 Å². The topological polar surface area (TPSA) is 59.1 Å². The average molecular weight is 437 g/mol. The number of anilines is 2. The molecule has 0 aliphatic carbocycles. The van der Waals surface area contributed by atoms with Gasteiger partial charge in [0, 0.05) is 30.9 Å². The first-order valence-corrected chi connectivity index (χ1v) is 11.2. The van der Waals surface area contributed by atoms with Crippen LogP contribution >= 0.6 is 0 Å². The van der Waals surface area contributed by atoms with Gasteiger partial charge in [-0.05, 0) is 70.4 Å². The summed E-state index contributed by atoms with van der Waals surface area (Å²) < 4.78 is 10.6. The first-order chi connectivity index (χ1) is 15.2. The van der Waals surface area contributed by atoms with Gasteiger partial charge in [-0.15, -0.1) is 0 Å². The minimum absolute atomic E-state index is 0.288. The van der Waals surface area contributed by atoms with Gasteiger partial charge in [-0.25, -0.2) is 9.59 Å². The van der Waals surface area contributed by atoms with E-state index in [1.165, 1.54) is 7.11 Å². The van der Waals surface area contributed by atoms with Gasteiger partial charge in [-0.3, -0.25) is 0 Å². The molecule has 2 bridgehead atoms. The Morgan fingerprint density at radius 1 is 0.938 bits per heavy atom. The number of rotatable bonds is 4. The van der Waals surface area contributed by atoms with Crippen LogP contribution in [-0.4, -0.2) is 49.8 Å². The van der Waals surface area contributed by atoms with Gasteiger partial charge in [0.1, 0.15) is 5.60 Å². The van der Waals surface area contributed by atoms with Gasteiger partial charge < -0.3 is 19.3 Å². The van der Waals surface area contributed by atoms with Crippen molar-refractivity contribution < 1.29 is 19.1 Å². The van der Waals surface area contributed by atoms with Gasteiger partial charge in [0.2, 0.25) is 0 Å². The van der Waals surface area contributed by atoms with E-state index in [4.69, 9.17) is 9.47 Å². The molecule has 2 aliphatic heterocycles. The van der Waals surface area contributed by atoms with Crippen LogP contribution in [0.2, 0.25) is 0 Å². The predicted octanol–water partition coefficient (Wildman–Crippen LogP) is 4.59. The molecule has 2 saturated heterocycles. The van der Waals surface area contributed by atoms with Crippen molar-refractivity contribution in [2.75, 3.05) is 30.0 Å². The predicted molar refractivity (Wildman–Crippen MR) is 126 cm³/mol. The second-order valence-corrected chi connectivity index (χ2v) is 9.71. The van der Waals surface area contributed by atoms with Crippen molar-refractivity contribution in [1.82, 2.24) is 0 Å². The molecule has 2 aromatic rings. The normalized spacial score (nSPS) is 20.3. The number of aryl methyl sites for hydroxylation is 1. The maximum Gasteiger partial charge on any atom is 0.340 e. The number of benzene rings is 2. The Morgan fingerprint density at radius 3 is 2.22 bits per heavy atom. The Morgan fingerprint density at radius 2 is 1.59 bits per heavy atom. The van der Waals surface area contributed by atoms with Crippen molar-refractivity contribution in [3.05, 3.63) is 59.2 Å². The molecule has 2 fully saturated rings. The molecule has 0 spiro atoms. The molecule has 0 N–H and O–H groups in total. The summed E-state index contributed by atoms with van der Waals surface area (Å²) in [6.45, 7) is 9.22. The van der Waals surface area contributed by atoms with E-state index < -0.39 is 5.60 Å². The quantitative estimate of drug-likeness (QED) is 0.653. The Labute approximate surface area is 190 Å². The summed E-state index contributed by atoms with van der Waals surface area (Å²) in [7, 11) is 1.42. The minimum atomic E-state index is -0.537. The van der Waals surface area contributed by atoms with Crippen LogP contribution in [0.25, 0.3) is 0 Å². The number of piperazine rings is 1. The van der Waals surface area contributed by atoms with Crippen LogP contribution < -0.4 is 9.80 Å². The number of para-hydroxylation sites is 1. The van der Waals surface area contributed by atoms with E-state index in [2.05, 4.69) is 15.9 Å². The lowest BCUT2D eigenvalue weighted by Crippen LogP contribution is -2.54. The molecule has 2 heterocycles. The van der Waals surface area contributed by atoms with Crippen LogP contribution in [0.15, 0.2) is 42.5 Å². The largest absolute Gasteiger partial charge is 0.465 e. The SMILES string of the molecule is COC(=O)c1cc(N2C3CCC2CN(c2ccccc2C(=O)OC(C)(C)C)C3)ccc1C. The summed E-state index contributed by atoms with van der Waals surface area (Å²) in [5.41, 5.74) is 3.59. The fourth-order valence-corrected chi connectivity index (χ4v) is 4.88. The fourth-order valence-electron chi connectivity index (χ4n) is 4.88. The summed E-state index contributed by atoms with van der Waals surface area (Å²) in [4.78, 5) is 29.8. The van der Waals surface area contributed by atoms with Crippen molar-refractivity contribution in [1.29, 1.82) is 0 Å². The van der Waals surface area contributed by atoms with Crippen LogP contribution in [-0.2, 0) is 9.47 Å². The highest BCUT2D eigenvalue weighted by atomic mass is 16.6. The first kappa shape index (κ1) is 22.2. The van der Waals surface area contributed by atoms with Crippen LogP contribution in [0.4, 0.5) is 11.4 Å². The maximum atomic E-state index is 12.8. The molecule has 0 radical (unpaired) electrons. The van der Waals surface area contributed by atoms with Gasteiger partial charge in [0.05, 0.1) is 23.9 Å². The Balaban J connectivity index is 1.59. The molecule has 2 aromatic carbocycles. The second-order valence-electron chi connectivity index (χ2n) is 9.71. The molecule has 32 heavy (non-hydrogen) atoms. The molecule has 170 valence electrons. The van der Waals surface area contributed by atoms with Crippen molar-refractivity contribution in [2.45, 2.75) is 58.2 Å². The number of hydrogen-bond donors (Lipinski definition) is 0. The maximum absolute atomic E-state index is 12.8.